The Morgan fingerprint density at radius 1 is 1.22 bits per heavy atom. The summed E-state index contributed by atoms with van der Waals surface area (Å²) in [5.74, 6) is 1.47. The number of ether oxygens (including phenoxy) is 2. The van der Waals surface area contributed by atoms with Gasteiger partial charge in [-0.15, -0.1) is 0 Å². The number of fused-ring (bicyclic) bond motifs is 1. The van der Waals surface area contributed by atoms with Crippen LogP contribution >= 0.6 is 0 Å². The molecule has 1 fully saturated rings. The molecule has 0 aliphatic carbocycles. The van der Waals surface area contributed by atoms with Gasteiger partial charge in [-0.05, 0) is 17.7 Å². The fourth-order valence-corrected chi connectivity index (χ4v) is 2.51. The highest BCUT2D eigenvalue weighted by Gasteiger charge is 2.24. The van der Waals surface area contributed by atoms with Crippen LogP contribution in [0.5, 0.6) is 11.5 Å². The van der Waals surface area contributed by atoms with Crippen molar-refractivity contribution in [2.24, 2.45) is 0 Å². The molecule has 1 N–H and O–H groups in total. The van der Waals surface area contributed by atoms with Gasteiger partial charge < -0.3 is 14.8 Å². The average molecular weight is 252 g/mol. The zero-order chi connectivity index (χ0) is 12.4. The second kappa shape index (κ2) is 5.12. The van der Waals surface area contributed by atoms with Gasteiger partial charge in [-0.3, -0.25) is 4.90 Å². The molecule has 0 radical (unpaired) electrons. The van der Waals surface area contributed by atoms with Crippen LogP contribution in [-0.2, 0) is 0 Å². The van der Waals surface area contributed by atoms with Crippen molar-refractivity contribution in [3.05, 3.63) is 23.8 Å². The largest absolute Gasteiger partial charge is 0.454 e. The van der Waals surface area contributed by atoms with Crippen LogP contribution in [0.15, 0.2) is 18.2 Å². The van der Waals surface area contributed by atoms with E-state index in [-0.39, 0.29) is 19.5 Å². The fourth-order valence-electron chi connectivity index (χ4n) is 2.51. The molecule has 0 bridgehead atoms. The fraction of sp³-hybridized carbons (Fsp3) is 0.538. The Hall–Kier alpha value is -1.33. The molecule has 0 amide bonds. The summed E-state index contributed by atoms with van der Waals surface area (Å²) in [6, 6.07) is 5.51. The van der Waals surface area contributed by atoms with Crippen molar-refractivity contribution in [2.45, 2.75) is 6.04 Å². The number of piperazine rings is 1. The Morgan fingerprint density at radius 3 is 2.78 bits per heavy atom. The van der Waals surface area contributed by atoms with E-state index >= 15 is 0 Å². The topological polar surface area (TPSA) is 33.7 Å². The van der Waals surface area contributed by atoms with Crippen molar-refractivity contribution in [3.63, 3.8) is 0 Å². The standard InChI is InChI=1S/C13H17FN2O2/c14-8-11(16-5-3-15-4-6-16)10-1-2-12-13(7-10)18-9-17-12/h1-2,7,11,15H,3-6,8-9H2/t11-/m1/s1. The number of hydrogen-bond acceptors (Lipinski definition) is 4. The van der Waals surface area contributed by atoms with Gasteiger partial charge in [-0.1, -0.05) is 6.07 Å². The van der Waals surface area contributed by atoms with E-state index in [0.29, 0.717) is 0 Å². The second-order valence-electron chi connectivity index (χ2n) is 4.57. The van der Waals surface area contributed by atoms with Gasteiger partial charge in [0.1, 0.15) is 6.67 Å². The maximum Gasteiger partial charge on any atom is 0.231 e. The molecule has 0 spiro atoms. The SMILES string of the molecule is FC[C@H](c1ccc2c(c1)OCO2)N1CCNCC1. The Bertz CT molecular complexity index is 421. The van der Waals surface area contributed by atoms with Crippen LogP contribution in [0.3, 0.4) is 0 Å². The second-order valence-corrected chi connectivity index (χ2v) is 4.57. The number of alkyl halides is 1. The Morgan fingerprint density at radius 2 is 2.00 bits per heavy atom. The summed E-state index contributed by atoms with van der Waals surface area (Å²) in [6.07, 6.45) is 0. The molecule has 18 heavy (non-hydrogen) atoms. The van der Waals surface area contributed by atoms with E-state index in [4.69, 9.17) is 9.47 Å². The van der Waals surface area contributed by atoms with Crippen LogP contribution in [0.4, 0.5) is 4.39 Å². The van der Waals surface area contributed by atoms with Gasteiger partial charge in [0.25, 0.3) is 0 Å². The zero-order valence-electron chi connectivity index (χ0n) is 10.2. The Balaban J connectivity index is 1.82. The minimum atomic E-state index is -0.375. The van der Waals surface area contributed by atoms with E-state index in [0.717, 1.165) is 43.2 Å². The monoisotopic (exact) mass is 252 g/mol. The van der Waals surface area contributed by atoms with Gasteiger partial charge in [0.05, 0.1) is 6.04 Å². The molecule has 3 rings (SSSR count). The molecular formula is C13H17FN2O2. The molecular weight excluding hydrogens is 235 g/mol. The summed E-state index contributed by atoms with van der Waals surface area (Å²) in [7, 11) is 0. The van der Waals surface area contributed by atoms with Crippen LogP contribution in [-0.4, -0.2) is 44.5 Å². The van der Waals surface area contributed by atoms with Crippen molar-refractivity contribution in [1.29, 1.82) is 0 Å². The molecule has 98 valence electrons. The summed E-state index contributed by atoms with van der Waals surface area (Å²) in [5.41, 5.74) is 0.962. The van der Waals surface area contributed by atoms with Crippen LogP contribution in [0.2, 0.25) is 0 Å². The molecule has 0 aromatic heterocycles. The molecule has 2 heterocycles. The number of halogens is 1. The first kappa shape index (κ1) is 11.7. The van der Waals surface area contributed by atoms with Crippen LogP contribution in [0.1, 0.15) is 11.6 Å². The lowest BCUT2D eigenvalue weighted by Gasteiger charge is -2.33. The van der Waals surface area contributed by atoms with Crippen LogP contribution < -0.4 is 14.8 Å². The first-order valence-electron chi connectivity index (χ1n) is 6.29. The van der Waals surface area contributed by atoms with Gasteiger partial charge in [-0.25, -0.2) is 4.39 Å². The number of rotatable bonds is 3. The van der Waals surface area contributed by atoms with E-state index in [9.17, 15) is 4.39 Å². The summed E-state index contributed by atoms with van der Waals surface area (Å²) >= 11 is 0. The molecule has 1 aromatic rings. The third-order valence-electron chi connectivity index (χ3n) is 3.52. The van der Waals surface area contributed by atoms with Crippen molar-refractivity contribution >= 4 is 0 Å². The predicted molar refractivity (Wildman–Crippen MR) is 65.7 cm³/mol. The van der Waals surface area contributed by atoms with Gasteiger partial charge in [0.15, 0.2) is 11.5 Å². The quantitative estimate of drug-likeness (QED) is 0.880. The summed E-state index contributed by atoms with van der Waals surface area (Å²) < 4.78 is 24.0. The minimum Gasteiger partial charge on any atom is -0.454 e. The predicted octanol–water partition coefficient (Wildman–Crippen LogP) is 1.33. The molecule has 2 aliphatic rings. The highest BCUT2D eigenvalue weighted by molar-refractivity contribution is 5.45. The van der Waals surface area contributed by atoms with Gasteiger partial charge in [0.2, 0.25) is 6.79 Å². The minimum absolute atomic E-state index is 0.179. The van der Waals surface area contributed by atoms with E-state index < -0.39 is 0 Å². The Kier molecular flexibility index (Phi) is 3.34. The number of hydrogen-bond donors (Lipinski definition) is 1. The molecule has 0 unspecified atom stereocenters. The van der Waals surface area contributed by atoms with Gasteiger partial charge >= 0.3 is 0 Å². The van der Waals surface area contributed by atoms with Crippen molar-refractivity contribution in [2.75, 3.05) is 39.6 Å². The maximum absolute atomic E-state index is 13.3. The molecule has 0 saturated carbocycles. The zero-order valence-corrected chi connectivity index (χ0v) is 10.2. The van der Waals surface area contributed by atoms with E-state index in [1.807, 2.05) is 18.2 Å². The number of nitrogens with zero attached hydrogens (tertiary/aromatic N) is 1. The number of benzene rings is 1. The molecule has 1 saturated heterocycles. The average Bonchev–Trinajstić information content (AvgIpc) is 2.88. The first-order chi connectivity index (χ1) is 8.88. The third kappa shape index (κ3) is 2.15. The van der Waals surface area contributed by atoms with Crippen molar-refractivity contribution in [1.82, 2.24) is 10.2 Å². The highest BCUT2D eigenvalue weighted by atomic mass is 19.1. The van der Waals surface area contributed by atoms with E-state index in [1.165, 1.54) is 0 Å². The van der Waals surface area contributed by atoms with Crippen molar-refractivity contribution in [3.8, 4) is 11.5 Å². The lowest BCUT2D eigenvalue weighted by Crippen LogP contribution is -2.45. The molecule has 4 nitrogen and oxygen atoms in total. The van der Waals surface area contributed by atoms with Gasteiger partial charge in [0, 0.05) is 26.2 Å². The summed E-state index contributed by atoms with van der Waals surface area (Å²) in [5, 5.41) is 3.28. The van der Waals surface area contributed by atoms with E-state index in [2.05, 4.69) is 10.2 Å². The Labute approximate surface area is 106 Å². The lowest BCUT2D eigenvalue weighted by molar-refractivity contribution is 0.147. The summed E-state index contributed by atoms with van der Waals surface area (Å²) in [4.78, 5) is 2.17. The van der Waals surface area contributed by atoms with Crippen LogP contribution in [0.25, 0.3) is 0 Å². The smallest absolute Gasteiger partial charge is 0.231 e. The van der Waals surface area contributed by atoms with Crippen molar-refractivity contribution < 1.29 is 13.9 Å². The third-order valence-corrected chi connectivity index (χ3v) is 3.52. The number of nitrogens with one attached hydrogen (secondary N) is 1. The summed E-state index contributed by atoms with van der Waals surface area (Å²) in [6.45, 7) is 3.47. The maximum atomic E-state index is 13.3. The molecule has 5 heteroatoms. The lowest BCUT2D eigenvalue weighted by atomic mass is 10.0. The van der Waals surface area contributed by atoms with Gasteiger partial charge in [-0.2, -0.15) is 0 Å². The molecule has 2 aliphatic heterocycles. The van der Waals surface area contributed by atoms with E-state index in [1.54, 1.807) is 0 Å². The van der Waals surface area contributed by atoms with Crippen LogP contribution in [0, 0.1) is 0 Å². The highest BCUT2D eigenvalue weighted by Crippen LogP contribution is 2.35. The first-order valence-corrected chi connectivity index (χ1v) is 6.29. The normalized spacial score (nSPS) is 20.9. The molecule has 1 aromatic carbocycles. The molecule has 1 atom stereocenters.